The first-order valence-electron chi connectivity index (χ1n) is 7.61. The van der Waals surface area contributed by atoms with Crippen LogP contribution in [-0.4, -0.2) is 28.1 Å². The highest BCUT2D eigenvalue weighted by atomic mass is 16.4. The van der Waals surface area contributed by atoms with Crippen LogP contribution < -0.4 is 0 Å². The van der Waals surface area contributed by atoms with E-state index in [1.165, 1.54) is 0 Å². The predicted molar refractivity (Wildman–Crippen MR) is 80.5 cm³/mol. The molecule has 21 heavy (non-hydrogen) atoms. The minimum absolute atomic E-state index is 0.0398. The molecular formula is C17H24O4. The Bertz CT molecular complexity index is 441. The Kier molecular flexibility index (Phi) is 7.78. The van der Waals surface area contributed by atoms with Crippen molar-refractivity contribution in [2.45, 2.75) is 58.0 Å². The molecule has 0 aromatic heterocycles. The van der Waals surface area contributed by atoms with E-state index in [1.54, 1.807) is 6.08 Å². The van der Waals surface area contributed by atoms with Crippen LogP contribution in [0.15, 0.2) is 12.2 Å². The van der Waals surface area contributed by atoms with E-state index in [2.05, 4.69) is 11.8 Å². The number of aliphatic hydroxyl groups is 1. The smallest absolute Gasteiger partial charge is 0.304 e. The van der Waals surface area contributed by atoms with E-state index in [0.717, 1.165) is 19.3 Å². The Morgan fingerprint density at radius 3 is 2.90 bits per heavy atom. The Morgan fingerprint density at radius 1 is 1.48 bits per heavy atom. The molecule has 1 saturated carbocycles. The summed E-state index contributed by atoms with van der Waals surface area (Å²) < 4.78 is 0. The van der Waals surface area contributed by atoms with E-state index in [-0.39, 0.29) is 24.0 Å². The number of hydrogen-bond acceptors (Lipinski definition) is 3. The second kappa shape index (κ2) is 9.36. The number of hydrogen-bond donors (Lipinski definition) is 2. The van der Waals surface area contributed by atoms with Crippen molar-refractivity contribution in [2.75, 3.05) is 0 Å². The molecule has 0 spiro atoms. The van der Waals surface area contributed by atoms with Gasteiger partial charge in [0.15, 0.2) is 0 Å². The summed E-state index contributed by atoms with van der Waals surface area (Å²) in [5, 5.41) is 18.2. The number of carboxylic acid groups (broad SMARTS) is 1. The molecule has 0 radical (unpaired) electrons. The minimum atomic E-state index is -0.855. The number of Topliss-reactive ketones (excluding diaryl/α,β-unsaturated/α-hetero) is 1. The maximum Gasteiger partial charge on any atom is 0.304 e. The zero-order valence-corrected chi connectivity index (χ0v) is 12.5. The molecule has 0 aliphatic heterocycles. The number of carbonyl (C=O) groups excluding carboxylic acids is 1. The SMILES string of the molecule is CCCC(O)/C=C/C1CCC(=O)C1CC#CCCC(=O)O. The number of rotatable bonds is 7. The molecule has 1 aliphatic carbocycles. The molecule has 1 fully saturated rings. The van der Waals surface area contributed by atoms with Crippen molar-refractivity contribution in [3.8, 4) is 11.8 Å². The van der Waals surface area contributed by atoms with Gasteiger partial charge >= 0.3 is 5.97 Å². The first-order valence-corrected chi connectivity index (χ1v) is 7.61. The number of ketones is 1. The molecule has 3 unspecified atom stereocenters. The van der Waals surface area contributed by atoms with Gasteiger partial charge in [0.05, 0.1) is 12.5 Å². The third-order valence-electron chi connectivity index (χ3n) is 3.73. The normalized spacial score (nSPS) is 23.0. The van der Waals surface area contributed by atoms with Gasteiger partial charge in [-0.2, -0.15) is 0 Å². The molecule has 4 nitrogen and oxygen atoms in total. The van der Waals surface area contributed by atoms with E-state index >= 15 is 0 Å². The Labute approximate surface area is 126 Å². The van der Waals surface area contributed by atoms with Crippen molar-refractivity contribution in [2.24, 2.45) is 11.8 Å². The summed E-state index contributed by atoms with van der Waals surface area (Å²) >= 11 is 0. The lowest BCUT2D eigenvalue weighted by molar-refractivity contribution is -0.136. The van der Waals surface area contributed by atoms with Gasteiger partial charge in [-0.05, 0) is 18.8 Å². The summed E-state index contributed by atoms with van der Waals surface area (Å²) in [6.07, 6.45) is 7.20. The van der Waals surface area contributed by atoms with Crippen molar-refractivity contribution >= 4 is 11.8 Å². The van der Waals surface area contributed by atoms with Crippen molar-refractivity contribution in [3.63, 3.8) is 0 Å². The maximum absolute atomic E-state index is 11.9. The van der Waals surface area contributed by atoms with Crippen molar-refractivity contribution in [1.82, 2.24) is 0 Å². The number of aliphatic carboxylic acids is 1. The quantitative estimate of drug-likeness (QED) is 0.558. The highest BCUT2D eigenvalue weighted by molar-refractivity contribution is 5.84. The molecule has 0 amide bonds. The summed E-state index contributed by atoms with van der Waals surface area (Å²) in [6, 6.07) is 0. The van der Waals surface area contributed by atoms with Gasteiger partial charge in [0, 0.05) is 25.2 Å². The second-order valence-corrected chi connectivity index (χ2v) is 5.47. The van der Waals surface area contributed by atoms with Gasteiger partial charge in [0.2, 0.25) is 0 Å². The lowest BCUT2D eigenvalue weighted by atomic mass is 9.91. The lowest BCUT2D eigenvalue weighted by Crippen LogP contribution is -2.13. The average Bonchev–Trinajstić information content (AvgIpc) is 2.77. The molecule has 1 rings (SSSR count). The van der Waals surface area contributed by atoms with E-state index in [9.17, 15) is 14.7 Å². The standard InChI is InChI=1S/C17H24O4/c1-2-6-14(18)11-9-13-10-12-16(19)15(13)7-4-3-5-8-17(20)21/h9,11,13-15,18H,2,5-8,10,12H2,1H3,(H,20,21)/b11-9+. The molecule has 116 valence electrons. The number of aliphatic hydroxyl groups excluding tert-OH is 1. The third kappa shape index (κ3) is 6.59. The maximum atomic E-state index is 11.9. The van der Waals surface area contributed by atoms with Gasteiger partial charge in [-0.3, -0.25) is 9.59 Å². The van der Waals surface area contributed by atoms with Crippen LogP contribution in [0, 0.1) is 23.7 Å². The Balaban J connectivity index is 2.49. The number of carboxylic acids is 1. The zero-order valence-electron chi connectivity index (χ0n) is 12.5. The van der Waals surface area contributed by atoms with E-state index in [0.29, 0.717) is 19.3 Å². The first kappa shape index (κ1) is 17.5. The molecule has 0 heterocycles. The van der Waals surface area contributed by atoms with Gasteiger partial charge < -0.3 is 10.2 Å². The fourth-order valence-corrected chi connectivity index (χ4v) is 2.53. The van der Waals surface area contributed by atoms with Gasteiger partial charge in [-0.25, -0.2) is 0 Å². The van der Waals surface area contributed by atoms with Crippen LogP contribution in [0.2, 0.25) is 0 Å². The molecule has 0 bridgehead atoms. The highest BCUT2D eigenvalue weighted by Gasteiger charge is 2.32. The predicted octanol–water partition coefficient (Wildman–Crippen LogP) is 2.56. The van der Waals surface area contributed by atoms with Crippen LogP contribution in [0.5, 0.6) is 0 Å². The molecule has 4 heteroatoms. The molecule has 1 aliphatic rings. The lowest BCUT2D eigenvalue weighted by Gasteiger charge is -2.12. The van der Waals surface area contributed by atoms with Crippen LogP contribution >= 0.6 is 0 Å². The third-order valence-corrected chi connectivity index (χ3v) is 3.73. The monoisotopic (exact) mass is 292 g/mol. The molecule has 0 aromatic carbocycles. The van der Waals surface area contributed by atoms with Gasteiger partial charge in [-0.15, -0.1) is 11.8 Å². The fourth-order valence-electron chi connectivity index (χ4n) is 2.53. The van der Waals surface area contributed by atoms with Gasteiger partial charge in [-0.1, -0.05) is 25.5 Å². The molecular weight excluding hydrogens is 268 g/mol. The Hall–Kier alpha value is -1.60. The fraction of sp³-hybridized carbons (Fsp3) is 0.647. The summed E-state index contributed by atoms with van der Waals surface area (Å²) in [6.45, 7) is 2.02. The number of carbonyl (C=O) groups is 2. The topological polar surface area (TPSA) is 74.6 Å². The minimum Gasteiger partial charge on any atom is -0.481 e. The molecule has 0 aromatic rings. The summed E-state index contributed by atoms with van der Waals surface area (Å²) in [5.41, 5.74) is 0. The van der Waals surface area contributed by atoms with Crippen molar-refractivity contribution < 1.29 is 19.8 Å². The van der Waals surface area contributed by atoms with Crippen LogP contribution in [0.25, 0.3) is 0 Å². The second-order valence-electron chi connectivity index (χ2n) is 5.47. The summed E-state index contributed by atoms with van der Waals surface area (Å²) in [4.78, 5) is 22.2. The van der Waals surface area contributed by atoms with Crippen LogP contribution in [0.4, 0.5) is 0 Å². The highest BCUT2D eigenvalue weighted by Crippen LogP contribution is 2.32. The zero-order chi connectivity index (χ0) is 15.7. The van der Waals surface area contributed by atoms with E-state index in [1.807, 2.05) is 13.0 Å². The molecule has 3 atom stereocenters. The summed E-state index contributed by atoms with van der Waals surface area (Å²) in [7, 11) is 0. The van der Waals surface area contributed by atoms with Crippen LogP contribution in [-0.2, 0) is 9.59 Å². The van der Waals surface area contributed by atoms with E-state index in [4.69, 9.17) is 5.11 Å². The van der Waals surface area contributed by atoms with Crippen molar-refractivity contribution in [3.05, 3.63) is 12.2 Å². The summed E-state index contributed by atoms with van der Waals surface area (Å²) in [5.74, 6) is 5.15. The Morgan fingerprint density at radius 2 is 2.24 bits per heavy atom. The number of allylic oxidation sites excluding steroid dienone is 1. The first-order chi connectivity index (χ1) is 10.0. The van der Waals surface area contributed by atoms with E-state index < -0.39 is 12.1 Å². The average molecular weight is 292 g/mol. The van der Waals surface area contributed by atoms with Crippen LogP contribution in [0.3, 0.4) is 0 Å². The van der Waals surface area contributed by atoms with Crippen LogP contribution in [0.1, 0.15) is 51.9 Å². The molecule has 0 saturated heterocycles. The van der Waals surface area contributed by atoms with Gasteiger partial charge in [0.1, 0.15) is 5.78 Å². The van der Waals surface area contributed by atoms with Gasteiger partial charge in [0.25, 0.3) is 0 Å². The largest absolute Gasteiger partial charge is 0.481 e. The van der Waals surface area contributed by atoms with Crippen molar-refractivity contribution in [1.29, 1.82) is 0 Å². The molecule has 2 N–H and O–H groups in total.